The van der Waals surface area contributed by atoms with E-state index in [-0.39, 0.29) is 11.8 Å². The monoisotopic (exact) mass is 319 g/mol. The molecule has 23 heavy (non-hydrogen) atoms. The molecule has 0 spiro atoms. The van der Waals surface area contributed by atoms with Gasteiger partial charge in [0.15, 0.2) is 0 Å². The predicted octanol–water partition coefficient (Wildman–Crippen LogP) is 2.24. The highest BCUT2D eigenvalue weighted by molar-refractivity contribution is 5.97. The van der Waals surface area contributed by atoms with Gasteiger partial charge in [-0.3, -0.25) is 9.59 Å². The van der Waals surface area contributed by atoms with Crippen molar-refractivity contribution >= 4 is 11.8 Å². The molecule has 1 aromatic carbocycles. The van der Waals surface area contributed by atoms with Crippen molar-refractivity contribution < 1.29 is 9.59 Å². The maximum atomic E-state index is 12.5. The third kappa shape index (κ3) is 6.40. The molecule has 5 nitrogen and oxygen atoms in total. The van der Waals surface area contributed by atoms with Gasteiger partial charge in [0.1, 0.15) is 0 Å². The van der Waals surface area contributed by atoms with Crippen LogP contribution in [0.5, 0.6) is 0 Å². The number of benzene rings is 1. The molecule has 1 N–H and O–H groups in total. The fraction of sp³-hybridized carbons (Fsp3) is 0.556. The van der Waals surface area contributed by atoms with Crippen LogP contribution in [0.15, 0.2) is 24.3 Å². The van der Waals surface area contributed by atoms with Gasteiger partial charge in [-0.1, -0.05) is 13.8 Å². The number of rotatable bonds is 9. The summed E-state index contributed by atoms with van der Waals surface area (Å²) in [5.41, 5.74) is 1.22. The zero-order chi connectivity index (χ0) is 17.2. The maximum absolute atomic E-state index is 12.5. The van der Waals surface area contributed by atoms with Gasteiger partial charge in [0.25, 0.3) is 11.8 Å². The average molecular weight is 319 g/mol. The van der Waals surface area contributed by atoms with Gasteiger partial charge in [0, 0.05) is 37.3 Å². The van der Waals surface area contributed by atoms with E-state index in [0.29, 0.717) is 17.7 Å². The summed E-state index contributed by atoms with van der Waals surface area (Å²) in [6.07, 6.45) is 1.89. The Morgan fingerprint density at radius 3 is 1.91 bits per heavy atom. The molecule has 0 saturated heterocycles. The van der Waals surface area contributed by atoms with Crippen LogP contribution in [0.25, 0.3) is 0 Å². The van der Waals surface area contributed by atoms with Crippen LogP contribution in [-0.4, -0.2) is 61.9 Å². The lowest BCUT2D eigenvalue weighted by atomic mass is 10.1. The SMILES string of the molecule is CCCN(CCC)C(=O)c1ccc(C(=O)NCCN(C)C)cc1. The molecule has 0 fully saturated rings. The molecule has 0 bridgehead atoms. The summed E-state index contributed by atoms with van der Waals surface area (Å²) >= 11 is 0. The highest BCUT2D eigenvalue weighted by atomic mass is 16.2. The van der Waals surface area contributed by atoms with Gasteiger partial charge in [-0.15, -0.1) is 0 Å². The number of nitrogens with zero attached hydrogens (tertiary/aromatic N) is 2. The summed E-state index contributed by atoms with van der Waals surface area (Å²) in [5, 5.41) is 2.87. The van der Waals surface area contributed by atoms with Crippen molar-refractivity contribution in [2.24, 2.45) is 0 Å². The van der Waals surface area contributed by atoms with E-state index in [9.17, 15) is 9.59 Å². The first-order valence-electron chi connectivity index (χ1n) is 8.31. The molecule has 0 atom stereocenters. The van der Waals surface area contributed by atoms with Gasteiger partial charge in [0.2, 0.25) is 0 Å². The van der Waals surface area contributed by atoms with Crippen molar-refractivity contribution in [2.45, 2.75) is 26.7 Å². The number of nitrogens with one attached hydrogen (secondary N) is 1. The van der Waals surface area contributed by atoms with Crippen LogP contribution in [-0.2, 0) is 0 Å². The molecule has 0 heterocycles. The maximum Gasteiger partial charge on any atom is 0.253 e. The van der Waals surface area contributed by atoms with Crippen LogP contribution >= 0.6 is 0 Å². The summed E-state index contributed by atoms with van der Waals surface area (Å²) in [7, 11) is 3.93. The van der Waals surface area contributed by atoms with E-state index < -0.39 is 0 Å². The Morgan fingerprint density at radius 2 is 1.43 bits per heavy atom. The lowest BCUT2D eigenvalue weighted by Gasteiger charge is -2.21. The van der Waals surface area contributed by atoms with Crippen LogP contribution in [0.4, 0.5) is 0 Å². The molecule has 1 aromatic rings. The summed E-state index contributed by atoms with van der Waals surface area (Å²) in [6, 6.07) is 6.91. The van der Waals surface area contributed by atoms with E-state index in [2.05, 4.69) is 19.2 Å². The van der Waals surface area contributed by atoms with E-state index in [1.165, 1.54) is 0 Å². The lowest BCUT2D eigenvalue weighted by molar-refractivity contribution is 0.0755. The molecule has 128 valence electrons. The number of hydrogen-bond acceptors (Lipinski definition) is 3. The van der Waals surface area contributed by atoms with E-state index in [1.807, 2.05) is 23.9 Å². The van der Waals surface area contributed by atoms with Crippen LogP contribution < -0.4 is 5.32 Å². The summed E-state index contributed by atoms with van der Waals surface area (Å²) in [6.45, 7) is 7.06. The fourth-order valence-electron chi connectivity index (χ4n) is 2.30. The van der Waals surface area contributed by atoms with Gasteiger partial charge in [-0.05, 0) is 51.2 Å². The molecule has 0 aliphatic rings. The second-order valence-corrected chi connectivity index (χ2v) is 5.93. The fourth-order valence-corrected chi connectivity index (χ4v) is 2.30. The van der Waals surface area contributed by atoms with E-state index in [1.54, 1.807) is 24.3 Å². The normalized spacial score (nSPS) is 10.7. The molecule has 2 amide bonds. The quantitative estimate of drug-likeness (QED) is 0.759. The Balaban J connectivity index is 2.67. The second-order valence-electron chi connectivity index (χ2n) is 5.93. The van der Waals surface area contributed by atoms with Crippen molar-refractivity contribution in [1.29, 1.82) is 0 Å². The number of likely N-dealkylation sites (N-methyl/N-ethyl adjacent to an activating group) is 1. The second kappa shape index (κ2) is 10.0. The van der Waals surface area contributed by atoms with Gasteiger partial charge < -0.3 is 15.1 Å². The Morgan fingerprint density at radius 1 is 0.913 bits per heavy atom. The van der Waals surface area contributed by atoms with Crippen LogP contribution in [0.3, 0.4) is 0 Å². The average Bonchev–Trinajstić information content (AvgIpc) is 2.53. The molecule has 0 aliphatic heterocycles. The third-order valence-corrected chi connectivity index (χ3v) is 3.51. The minimum Gasteiger partial charge on any atom is -0.351 e. The molecule has 0 radical (unpaired) electrons. The minimum atomic E-state index is -0.107. The first-order chi connectivity index (χ1) is 11.0. The molecular formula is C18H29N3O2. The van der Waals surface area contributed by atoms with Gasteiger partial charge >= 0.3 is 0 Å². The van der Waals surface area contributed by atoms with Gasteiger partial charge in [0.05, 0.1) is 0 Å². The Hall–Kier alpha value is -1.88. The van der Waals surface area contributed by atoms with Crippen LogP contribution in [0, 0.1) is 0 Å². The number of carbonyl (C=O) groups is 2. The van der Waals surface area contributed by atoms with E-state index >= 15 is 0 Å². The van der Waals surface area contributed by atoms with Crippen LogP contribution in [0.2, 0.25) is 0 Å². The summed E-state index contributed by atoms with van der Waals surface area (Å²) in [4.78, 5) is 28.4. The van der Waals surface area contributed by atoms with E-state index in [0.717, 1.165) is 32.5 Å². The topological polar surface area (TPSA) is 52.7 Å². The smallest absolute Gasteiger partial charge is 0.253 e. The molecule has 0 unspecified atom stereocenters. The van der Waals surface area contributed by atoms with Crippen LogP contribution in [0.1, 0.15) is 47.4 Å². The predicted molar refractivity (Wildman–Crippen MR) is 93.8 cm³/mol. The van der Waals surface area contributed by atoms with Crippen molar-refractivity contribution in [3.8, 4) is 0 Å². The highest BCUT2D eigenvalue weighted by Gasteiger charge is 2.14. The zero-order valence-corrected chi connectivity index (χ0v) is 14.8. The molecule has 1 rings (SSSR count). The first-order valence-corrected chi connectivity index (χ1v) is 8.31. The molecular weight excluding hydrogens is 290 g/mol. The summed E-state index contributed by atoms with van der Waals surface area (Å²) in [5.74, 6) is -0.0712. The Bertz CT molecular complexity index is 491. The Kier molecular flexibility index (Phi) is 8.33. The summed E-state index contributed by atoms with van der Waals surface area (Å²) < 4.78 is 0. The molecule has 0 aliphatic carbocycles. The number of carbonyl (C=O) groups excluding carboxylic acids is 2. The molecule has 0 saturated carbocycles. The van der Waals surface area contributed by atoms with Gasteiger partial charge in [-0.25, -0.2) is 0 Å². The lowest BCUT2D eigenvalue weighted by Crippen LogP contribution is -2.33. The highest BCUT2D eigenvalue weighted by Crippen LogP contribution is 2.09. The van der Waals surface area contributed by atoms with E-state index in [4.69, 9.17) is 0 Å². The van der Waals surface area contributed by atoms with Gasteiger partial charge in [-0.2, -0.15) is 0 Å². The largest absolute Gasteiger partial charge is 0.351 e. The van der Waals surface area contributed by atoms with Crippen molar-refractivity contribution in [2.75, 3.05) is 40.3 Å². The third-order valence-electron chi connectivity index (χ3n) is 3.51. The minimum absolute atomic E-state index is 0.0354. The van der Waals surface area contributed by atoms with Crippen molar-refractivity contribution in [1.82, 2.24) is 15.1 Å². The standard InChI is InChI=1S/C18H29N3O2/c1-5-12-21(13-6-2)18(23)16-9-7-15(8-10-16)17(22)19-11-14-20(3)4/h7-10H,5-6,11-14H2,1-4H3,(H,19,22). The number of hydrogen-bond donors (Lipinski definition) is 1. The molecule has 0 aromatic heterocycles. The number of amides is 2. The first kappa shape index (κ1) is 19.2. The van der Waals surface area contributed by atoms with Crippen molar-refractivity contribution in [3.63, 3.8) is 0 Å². The van der Waals surface area contributed by atoms with Crippen molar-refractivity contribution in [3.05, 3.63) is 35.4 Å². The zero-order valence-electron chi connectivity index (χ0n) is 14.8. The Labute approximate surface area is 139 Å². The molecule has 5 heteroatoms.